The summed E-state index contributed by atoms with van der Waals surface area (Å²) in [6.45, 7) is 13.5. The van der Waals surface area contributed by atoms with Gasteiger partial charge < -0.3 is 10.2 Å². The van der Waals surface area contributed by atoms with Gasteiger partial charge in [0, 0.05) is 19.5 Å². The molecule has 4 nitrogen and oxygen atoms in total. The van der Waals surface area contributed by atoms with Crippen LogP contribution in [0.2, 0.25) is 0 Å². The van der Waals surface area contributed by atoms with Gasteiger partial charge in [-0.1, -0.05) is 81.8 Å². The summed E-state index contributed by atoms with van der Waals surface area (Å²) in [5.41, 5.74) is 4.75. The van der Waals surface area contributed by atoms with Gasteiger partial charge in [0.2, 0.25) is 11.8 Å². The highest BCUT2D eigenvalue weighted by Gasteiger charge is 2.28. The van der Waals surface area contributed by atoms with Crippen LogP contribution in [0.25, 0.3) is 0 Å². The lowest BCUT2D eigenvalue weighted by molar-refractivity contribution is -0.141. The fraction of sp³-hybridized carbons (Fsp3) is 0.481. The Labute approximate surface area is 188 Å². The second kappa shape index (κ2) is 11.1. The van der Waals surface area contributed by atoms with E-state index in [-0.39, 0.29) is 17.2 Å². The fourth-order valence-electron chi connectivity index (χ4n) is 3.67. The van der Waals surface area contributed by atoms with Crippen molar-refractivity contribution >= 4 is 11.8 Å². The second-order valence-electron chi connectivity index (χ2n) is 9.27. The van der Waals surface area contributed by atoms with Gasteiger partial charge in [0.25, 0.3) is 0 Å². The highest BCUT2D eigenvalue weighted by molar-refractivity contribution is 5.87. The molecular formula is C27H38N2O2. The number of benzene rings is 2. The van der Waals surface area contributed by atoms with Crippen LogP contribution in [0, 0.1) is 6.92 Å². The average Bonchev–Trinajstić information content (AvgIpc) is 2.73. The maximum atomic E-state index is 13.3. The predicted octanol–water partition coefficient (Wildman–Crippen LogP) is 5.17. The summed E-state index contributed by atoms with van der Waals surface area (Å²) in [5.74, 6) is -0.0708. The molecule has 0 aromatic heterocycles. The third-order valence-electron chi connectivity index (χ3n) is 5.66. The van der Waals surface area contributed by atoms with Crippen molar-refractivity contribution in [3.8, 4) is 0 Å². The van der Waals surface area contributed by atoms with E-state index in [4.69, 9.17) is 0 Å². The molecule has 4 heteroatoms. The minimum absolute atomic E-state index is 0.0126. The molecule has 0 aliphatic rings. The molecular weight excluding hydrogens is 384 g/mol. The van der Waals surface area contributed by atoms with E-state index in [0.29, 0.717) is 32.4 Å². The molecule has 2 rings (SSSR count). The van der Waals surface area contributed by atoms with E-state index in [2.05, 4.69) is 50.4 Å². The maximum Gasteiger partial charge on any atom is 0.242 e. The van der Waals surface area contributed by atoms with Crippen LogP contribution < -0.4 is 5.32 Å². The lowest BCUT2D eigenvalue weighted by atomic mass is 9.86. The molecule has 2 amide bonds. The topological polar surface area (TPSA) is 49.4 Å². The van der Waals surface area contributed by atoms with Gasteiger partial charge in [-0.25, -0.2) is 0 Å². The van der Waals surface area contributed by atoms with E-state index in [0.717, 1.165) is 11.1 Å². The lowest BCUT2D eigenvalue weighted by Crippen LogP contribution is -2.49. The van der Waals surface area contributed by atoms with Crippen molar-refractivity contribution in [2.75, 3.05) is 6.54 Å². The number of rotatable bonds is 9. The first-order valence-electron chi connectivity index (χ1n) is 11.4. The minimum Gasteiger partial charge on any atom is -0.355 e. The molecule has 1 N–H and O–H groups in total. The highest BCUT2D eigenvalue weighted by atomic mass is 16.2. The largest absolute Gasteiger partial charge is 0.355 e. The monoisotopic (exact) mass is 422 g/mol. The van der Waals surface area contributed by atoms with Gasteiger partial charge in [-0.15, -0.1) is 0 Å². The molecule has 0 saturated heterocycles. The molecule has 0 aliphatic carbocycles. The van der Waals surface area contributed by atoms with Crippen LogP contribution in [0.5, 0.6) is 0 Å². The number of amides is 2. The van der Waals surface area contributed by atoms with Crippen molar-refractivity contribution in [1.29, 1.82) is 0 Å². The highest BCUT2D eigenvalue weighted by Crippen LogP contribution is 2.23. The van der Waals surface area contributed by atoms with E-state index in [9.17, 15) is 9.59 Å². The molecule has 1 atom stereocenters. The summed E-state index contributed by atoms with van der Waals surface area (Å²) in [4.78, 5) is 27.7. The fourth-order valence-corrected chi connectivity index (χ4v) is 3.67. The van der Waals surface area contributed by atoms with E-state index in [1.54, 1.807) is 4.90 Å². The van der Waals surface area contributed by atoms with Crippen molar-refractivity contribution in [2.45, 2.75) is 78.8 Å². The van der Waals surface area contributed by atoms with Crippen LogP contribution in [0.4, 0.5) is 0 Å². The quantitative estimate of drug-likeness (QED) is 0.606. The van der Waals surface area contributed by atoms with Crippen molar-refractivity contribution in [3.05, 3.63) is 70.8 Å². The Morgan fingerprint density at radius 1 is 0.935 bits per heavy atom. The number of hydrogen-bond acceptors (Lipinski definition) is 2. The zero-order chi connectivity index (χ0) is 23.0. The van der Waals surface area contributed by atoms with Crippen molar-refractivity contribution in [1.82, 2.24) is 10.2 Å². The Kier molecular flexibility index (Phi) is 8.85. The Morgan fingerprint density at radius 2 is 1.52 bits per heavy atom. The van der Waals surface area contributed by atoms with Crippen LogP contribution in [0.15, 0.2) is 48.5 Å². The zero-order valence-electron chi connectivity index (χ0n) is 20.0. The van der Waals surface area contributed by atoms with Gasteiger partial charge in [0.05, 0.1) is 0 Å². The van der Waals surface area contributed by atoms with E-state index >= 15 is 0 Å². The summed E-state index contributed by atoms with van der Waals surface area (Å²) >= 11 is 0. The Morgan fingerprint density at radius 3 is 2.03 bits per heavy atom. The zero-order valence-corrected chi connectivity index (χ0v) is 20.0. The molecule has 2 aromatic rings. The number of carbonyl (C=O) groups is 2. The lowest BCUT2D eigenvalue weighted by Gasteiger charge is -2.30. The second-order valence-corrected chi connectivity index (χ2v) is 9.27. The minimum atomic E-state index is -0.461. The summed E-state index contributed by atoms with van der Waals surface area (Å²) in [7, 11) is 0. The van der Waals surface area contributed by atoms with Crippen molar-refractivity contribution in [3.63, 3.8) is 0 Å². The first kappa shape index (κ1) is 24.6. The van der Waals surface area contributed by atoms with Crippen molar-refractivity contribution < 1.29 is 9.59 Å². The molecule has 168 valence electrons. The SMILES string of the molecule is CCNC(=O)[C@@H](CC)N(Cc1ccc(C)cc1)C(=O)CCc1ccc(C(C)(C)C)cc1. The smallest absolute Gasteiger partial charge is 0.242 e. The van der Waals surface area contributed by atoms with Crippen LogP contribution in [-0.2, 0) is 28.0 Å². The first-order chi connectivity index (χ1) is 14.7. The summed E-state index contributed by atoms with van der Waals surface area (Å²) < 4.78 is 0. The molecule has 0 fully saturated rings. The van der Waals surface area contributed by atoms with Gasteiger partial charge in [-0.05, 0) is 48.8 Å². The number of likely N-dealkylation sites (N-methyl/N-ethyl adjacent to an activating group) is 1. The van der Waals surface area contributed by atoms with E-state index < -0.39 is 6.04 Å². The molecule has 0 heterocycles. The number of nitrogens with zero attached hydrogens (tertiary/aromatic N) is 1. The molecule has 0 radical (unpaired) electrons. The van der Waals surface area contributed by atoms with Crippen LogP contribution in [0.1, 0.15) is 69.7 Å². The van der Waals surface area contributed by atoms with E-state index in [1.807, 2.05) is 45.0 Å². The molecule has 0 unspecified atom stereocenters. The molecule has 31 heavy (non-hydrogen) atoms. The molecule has 0 aliphatic heterocycles. The third kappa shape index (κ3) is 7.23. The average molecular weight is 423 g/mol. The molecule has 0 bridgehead atoms. The van der Waals surface area contributed by atoms with Crippen LogP contribution >= 0.6 is 0 Å². The number of aryl methyl sites for hydroxylation is 2. The van der Waals surface area contributed by atoms with Crippen molar-refractivity contribution in [2.24, 2.45) is 0 Å². The van der Waals surface area contributed by atoms with Gasteiger partial charge >= 0.3 is 0 Å². The van der Waals surface area contributed by atoms with Gasteiger partial charge in [0.1, 0.15) is 6.04 Å². The maximum absolute atomic E-state index is 13.3. The summed E-state index contributed by atoms with van der Waals surface area (Å²) in [6, 6.07) is 16.2. The van der Waals surface area contributed by atoms with Gasteiger partial charge in [-0.2, -0.15) is 0 Å². The Balaban J connectivity index is 2.16. The summed E-state index contributed by atoms with van der Waals surface area (Å²) in [6.07, 6.45) is 1.64. The molecule has 0 saturated carbocycles. The third-order valence-corrected chi connectivity index (χ3v) is 5.66. The predicted molar refractivity (Wildman–Crippen MR) is 128 cm³/mol. The molecule has 0 spiro atoms. The first-order valence-corrected chi connectivity index (χ1v) is 11.4. The number of nitrogens with one attached hydrogen (secondary N) is 1. The number of hydrogen-bond donors (Lipinski definition) is 1. The molecule has 2 aromatic carbocycles. The Bertz CT molecular complexity index is 848. The Hall–Kier alpha value is -2.62. The summed E-state index contributed by atoms with van der Waals surface area (Å²) in [5, 5.41) is 2.89. The van der Waals surface area contributed by atoms with Crippen LogP contribution in [0.3, 0.4) is 0 Å². The van der Waals surface area contributed by atoms with E-state index in [1.165, 1.54) is 11.1 Å². The van der Waals surface area contributed by atoms with Gasteiger partial charge in [0.15, 0.2) is 0 Å². The number of carbonyl (C=O) groups excluding carboxylic acids is 2. The standard InChI is InChI=1S/C27H38N2O2/c1-7-24(26(31)28-8-2)29(19-22-11-9-20(3)10-12-22)25(30)18-15-21-13-16-23(17-14-21)27(4,5)6/h9-14,16-17,24H,7-8,15,18-19H2,1-6H3,(H,28,31)/t24-/m1/s1. The normalized spacial score (nSPS) is 12.3. The van der Waals surface area contributed by atoms with Gasteiger partial charge in [-0.3, -0.25) is 9.59 Å². The van der Waals surface area contributed by atoms with Crippen LogP contribution in [-0.4, -0.2) is 29.3 Å².